The molecule has 178 valence electrons. The Labute approximate surface area is 208 Å². The van der Waals surface area contributed by atoms with E-state index >= 15 is 0 Å². The van der Waals surface area contributed by atoms with Gasteiger partial charge in [-0.1, -0.05) is 37.1 Å². The van der Waals surface area contributed by atoms with Crippen molar-refractivity contribution in [3.63, 3.8) is 0 Å². The number of aromatic nitrogens is 2. The van der Waals surface area contributed by atoms with E-state index in [0.29, 0.717) is 6.04 Å². The van der Waals surface area contributed by atoms with Crippen molar-refractivity contribution in [1.82, 2.24) is 19.8 Å². The van der Waals surface area contributed by atoms with Crippen LogP contribution in [0.25, 0.3) is 0 Å². The van der Waals surface area contributed by atoms with Crippen molar-refractivity contribution in [2.45, 2.75) is 64.1 Å². The maximum atomic E-state index is 5.89. The smallest absolute Gasteiger partial charge is 0.170 e. The minimum absolute atomic E-state index is 0.0494. The van der Waals surface area contributed by atoms with Gasteiger partial charge in [0.15, 0.2) is 5.11 Å². The number of anilines is 1. The third-order valence-corrected chi connectivity index (χ3v) is 7.76. The first-order valence-electron chi connectivity index (χ1n) is 12.6. The van der Waals surface area contributed by atoms with E-state index in [0.717, 1.165) is 36.0 Å². The summed E-state index contributed by atoms with van der Waals surface area (Å²) in [5, 5.41) is 7.98. The maximum Gasteiger partial charge on any atom is 0.170 e. The number of hydrogen-bond donors (Lipinski definition) is 2. The number of aryl methyl sites for hydroxylation is 1. The summed E-state index contributed by atoms with van der Waals surface area (Å²) in [5.74, 6) is 0. The second kappa shape index (κ2) is 10.2. The van der Waals surface area contributed by atoms with Crippen LogP contribution < -0.4 is 10.6 Å². The molecule has 1 saturated carbocycles. The first-order chi connectivity index (χ1) is 16.6. The molecule has 6 heteroatoms. The summed E-state index contributed by atoms with van der Waals surface area (Å²) in [7, 11) is 0. The Morgan fingerprint density at radius 3 is 2.56 bits per heavy atom. The van der Waals surface area contributed by atoms with Crippen LogP contribution in [0.15, 0.2) is 60.8 Å². The number of thiocarbonyl (C=S) groups is 1. The summed E-state index contributed by atoms with van der Waals surface area (Å²) in [6.07, 6.45) is 8.13. The number of hydrogen-bond acceptors (Lipinski definition) is 3. The first-order valence-corrected chi connectivity index (χ1v) is 13.0. The maximum absolute atomic E-state index is 5.89. The number of rotatable bonds is 8. The minimum Gasteiger partial charge on any atom is -0.385 e. The molecular formula is C28H35N5S. The Hall–Kier alpha value is -2.86. The first kappa shape index (κ1) is 22.9. The summed E-state index contributed by atoms with van der Waals surface area (Å²) in [6, 6.07) is 19.8. The number of nitrogens with one attached hydrogen (secondary N) is 2. The zero-order chi connectivity index (χ0) is 23.5. The zero-order valence-electron chi connectivity index (χ0n) is 20.2. The molecule has 5 rings (SSSR count). The quantitative estimate of drug-likeness (QED) is 0.306. The van der Waals surface area contributed by atoms with Crippen LogP contribution in [0, 0.1) is 13.8 Å². The highest BCUT2D eigenvalue weighted by molar-refractivity contribution is 7.80. The molecule has 2 aliphatic rings. The fraction of sp³-hybridized carbons (Fsp3) is 0.429. The molecule has 0 unspecified atom stereocenters. The van der Waals surface area contributed by atoms with Crippen molar-refractivity contribution in [2.24, 2.45) is 0 Å². The second-order valence-electron chi connectivity index (χ2n) is 9.60. The summed E-state index contributed by atoms with van der Waals surface area (Å²) < 4.78 is 2.59. The number of pyridine rings is 1. The molecule has 2 aromatic heterocycles. The van der Waals surface area contributed by atoms with Gasteiger partial charge < -0.3 is 20.1 Å². The lowest BCUT2D eigenvalue weighted by Crippen LogP contribution is -2.31. The summed E-state index contributed by atoms with van der Waals surface area (Å²) in [6.45, 7) is 6.37. The van der Waals surface area contributed by atoms with Crippen molar-refractivity contribution >= 4 is 23.0 Å². The SMILES string of the molecule is Cc1cc([C@@H]2[C@@H](c3ccccn3)NC(=S)N2CCCNc2ccccc2)c(C)n1C1CCCC1. The lowest BCUT2D eigenvalue weighted by Gasteiger charge is -2.28. The predicted octanol–water partition coefficient (Wildman–Crippen LogP) is 6.09. The molecule has 0 bridgehead atoms. The van der Waals surface area contributed by atoms with Crippen molar-refractivity contribution in [3.8, 4) is 0 Å². The largest absolute Gasteiger partial charge is 0.385 e. The van der Waals surface area contributed by atoms with Crippen molar-refractivity contribution < 1.29 is 0 Å². The van der Waals surface area contributed by atoms with E-state index in [2.05, 4.69) is 76.4 Å². The lowest BCUT2D eigenvalue weighted by molar-refractivity contribution is 0.314. The van der Waals surface area contributed by atoms with Crippen LogP contribution in [-0.2, 0) is 0 Å². The molecular weight excluding hydrogens is 438 g/mol. The van der Waals surface area contributed by atoms with Gasteiger partial charge in [0.2, 0.25) is 0 Å². The van der Waals surface area contributed by atoms with E-state index in [1.54, 1.807) is 0 Å². The van der Waals surface area contributed by atoms with E-state index in [4.69, 9.17) is 17.2 Å². The van der Waals surface area contributed by atoms with Gasteiger partial charge in [-0.2, -0.15) is 0 Å². The monoisotopic (exact) mass is 473 g/mol. The second-order valence-corrected chi connectivity index (χ2v) is 9.99. The lowest BCUT2D eigenvalue weighted by atomic mass is 9.96. The van der Waals surface area contributed by atoms with Crippen LogP contribution in [0.5, 0.6) is 0 Å². The topological polar surface area (TPSA) is 45.1 Å². The molecule has 0 amide bonds. The molecule has 34 heavy (non-hydrogen) atoms. The molecule has 1 saturated heterocycles. The molecule has 3 heterocycles. The molecule has 0 spiro atoms. The molecule has 0 radical (unpaired) electrons. The molecule has 2 fully saturated rings. The highest BCUT2D eigenvalue weighted by atomic mass is 32.1. The van der Waals surface area contributed by atoms with Gasteiger partial charge >= 0.3 is 0 Å². The molecule has 2 atom stereocenters. The fourth-order valence-electron chi connectivity index (χ4n) is 5.85. The summed E-state index contributed by atoms with van der Waals surface area (Å²) in [4.78, 5) is 7.10. The normalized spacial score (nSPS) is 20.6. The van der Waals surface area contributed by atoms with E-state index in [1.807, 2.05) is 18.3 Å². The average molecular weight is 474 g/mol. The standard InChI is InChI=1S/C28H35N5S/c1-20-19-24(21(2)33(20)23-13-6-7-14-23)27-26(25-15-8-9-16-30-25)31-28(34)32(27)18-10-17-29-22-11-4-3-5-12-22/h3-5,8-9,11-12,15-16,19,23,26-27,29H,6-7,10,13-14,17-18H2,1-2H3,(H,31,34)/t26-,27-/m1/s1. The third-order valence-electron chi connectivity index (χ3n) is 7.41. The van der Waals surface area contributed by atoms with Crippen LogP contribution in [0.3, 0.4) is 0 Å². The van der Waals surface area contributed by atoms with Crippen LogP contribution in [0.2, 0.25) is 0 Å². The highest BCUT2D eigenvalue weighted by Gasteiger charge is 2.41. The van der Waals surface area contributed by atoms with Gasteiger partial charge in [0.05, 0.1) is 17.8 Å². The molecule has 5 nitrogen and oxygen atoms in total. The van der Waals surface area contributed by atoms with Crippen LogP contribution >= 0.6 is 12.2 Å². The van der Waals surface area contributed by atoms with Crippen molar-refractivity contribution in [3.05, 3.63) is 83.4 Å². The third kappa shape index (κ3) is 4.56. The van der Waals surface area contributed by atoms with Crippen LogP contribution in [0.4, 0.5) is 5.69 Å². The number of para-hydroxylation sites is 1. The molecule has 1 aromatic carbocycles. The van der Waals surface area contributed by atoms with Crippen molar-refractivity contribution in [1.29, 1.82) is 0 Å². The van der Waals surface area contributed by atoms with E-state index in [1.165, 1.54) is 42.6 Å². The van der Waals surface area contributed by atoms with E-state index < -0.39 is 0 Å². The Morgan fingerprint density at radius 2 is 1.82 bits per heavy atom. The van der Waals surface area contributed by atoms with E-state index in [9.17, 15) is 0 Å². The van der Waals surface area contributed by atoms with Gasteiger partial charge in [-0.25, -0.2) is 0 Å². The van der Waals surface area contributed by atoms with Gasteiger partial charge in [-0.05, 0) is 81.2 Å². The zero-order valence-corrected chi connectivity index (χ0v) is 21.0. The minimum atomic E-state index is 0.0494. The summed E-state index contributed by atoms with van der Waals surface area (Å²) in [5.41, 5.74) is 6.33. The Balaban J connectivity index is 1.41. The Bertz CT molecular complexity index is 1100. The fourth-order valence-corrected chi connectivity index (χ4v) is 6.18. The number of benzene rings is 1. The summed E-state index contributed by atoms with van der Waals surface area (Å²) >= 11 is 5.89. The van der Waals surface area contributed by atoms with Crippen molar-refractivity contribution in [2.75, 3.05) is 18.4 Å². The van der Waals surface area contributed by atoms with Gasteiger partial charge in [0, 0.05) is 42.4 Å². The molecule has 1 aliphatic carbocycles. The van der Waals surface area contributed by atoms with Gasteiger partial charge in [-0.15, -0.1) is 0 Å². The molecule has 3 aromatic rings. The Kier molecular flexibility index (Phi) is 6.86. The number of nitrogens with zero attached hydrogens (tertiary/aromatic N) is 3. The van der Waals surface area contributed by atoms with E-state index in [-0.39, 0.29) is 12.1 Å². The molecule has 2 N–H and O–H groups in total. The van der Waals surface area contributed by atoms with Gasteiger partial charge in [0.1, 0.15) is 0 Å². The van der Waals surface area contributed by atoms with Crippen LogP contribution in [-0.4, -0.2) is 32.7 Å². The van der Waals surface area contributed by atoms with Crippen LogP contribution in [0.1, 0.15) is 72.9 Å². The molecule has 1 aliphatic heterocycles. The highest BCUT2D eigenvalue weighted by Crippen LogP contribution is 2.42. The average Bonchev–Trinajstić information content (AvgIpc) is 3.56. The predicted molar refractivity (Wildman–Crippen MR) is 143 cm³/mol. The Morgan fingerprint density at radius 1 is 1.06 bits per heavy atom. The van der Waals surface area contributed by atoms with Gasteiger partial charge in [-0.3, -0.25) is 4.98 Å². The van der Waals surface area contributed by atoms with Gasteiger partial charge in [0.25, 0.3) is 0 Å².